The Hall–Kier alpha value is -3.43. The summed E-state index contributed by atoms with van der Waals surface area (Å²) in [7, 11) is 1.41. The number of esters is 1. The first-order valence-corrected chi connectivity index (χ1v) is 13.1. The minimum Gasteiger partial charge on any atom is -0.469 e. The van der Waals surface area contributed by atoms with Crippen LogP contribution in [0.3, 0.4) is 0 Å². The van der Waals surface area contributed by atoms with Gasteiger partial charge in [0, 0.05) is 48.6 Å². The van der Waals surface area contributed by atoms with Gasteiger partial charge >= 0.3 is 5.97 Å². The lowest BCUT2D eigenvalue weighted by Crippen LogP contribution is -2.36. The molecule has 2 fully saturated rings. The number of thiocarbonyl (C=S) groups is 1. The van der Waals surface area contributed by atoms with Gasteiger partial charge in [-0.3, -0.25) is 9.78 Å². The second kappa shape index (κ2) is 10.9. The molecule has 0 spiro atoms. The van der Waals surface area contributed by atoms with Crippen molar-refractivity contribution in [1.29, 1.82) is 0 Å². The first-order chi connectivity index (χ1) is 18.0. The maximum absolute atomic E-state index is 12.0. The van der Waals surface area contributed by atoms with Crippen LogP contribution in [0.4, 0.5) is 5.69 Å². The molecule has 2 aliphatic heterocycles. The molecule has 1 aromatic carbocycles. The van der Waals surface area contributed by atoms with E-state index in [-0.39, 0.29) is 24.5 Å². The number of ether oxygens (including phenoxy) is 2. The molecule has 0 unspecified atom stereocenters. The van der Waals surface area contributed by atoms with Crippen LogP contribution in [0, 0.1) is 13.8 Å². The van der Waals surface area contributed by atoms with Gasteiger partial charge in [0.1, 0.15) is 0 Å². The number of nitrogens with zero attached hydrogens (tertiary/aromatic N) is 4. The standard InChI is InChI=1S/C28H33N5O3S/c1-19-18-23(20(2)33(19)22-9-7-21(8-10-22)31-14-16-36-17-15-31)27-26(24-6-4-5-12-29-24)30-28(37)32(27)13-11-25(34)35-3/h4-10,12,18,26-27H,11,13-17H2,1-3H3,(H,30,37)/t26-,27-/m1/s1. The number of carbonyl (C=O) groups is 1. The summed E-state index contributed by atoms with van der Waals surface area (Å²) >= 11 is 5.75. The first-order valence-electron chi connectivity index (χ1n) is 12.6. The number of nitrogens with one attached hydrogen (secondary N) is 1. The van der Waals surface area contributed by atoms with Gasteiger partial charge in [-0.05, 0) is 74.1 Å². The van der Waals surface area contributed by atoms with Gasteiger partial charge in [0.2, 0.25) is 0 Å². The number of aromatic nitrogens is 2. The van der Waals surface area contributed by atoms with Gasteiger partial charge in [-0.25, -0.2) is 0 Å². The van der Waals surface area contributed by atoms with Crippen LogP contribution in [-0.2, 0) is 14.3 Å². The van der Waals surface area contributed by atoms with Gasteiger partial charge < -0.3 is 29.2 Å². The lowest BCUT2D eigenvalue weighted by Gasteiger charge is -2.29. The van der Waals surface area contributed by atoms with Crippen molar-refractivity contribution in [1.82, 2.24) is 19.8 Å². The summed E-state index contributed by atoms with van der Waals surface area (Å²) in [5.41, 5.74) is 6.67. The molecule has 1 N–H and O–H groups in total. The predicted molar refractivity (Wildman–Crippen MR) is 147 cm³/mol. The number of morpholine rings is 1. The van der Waals surface area contributed by atoms with Crippen molar-refractivity contribution >= 4 is 29.0 Å². The van der Waals surface area contributed by atoms with Gasteiger partial charge in [0.25, 0.3) is 0 Å². The van der Waals surface area contributed by atoms with Crippen molar-refractivity contribution in [3.8, 4) is 5.69 Å². The number of rotatable bonds is 7. The average Bonchev–Trinajstić information content (AvgIpc) is 3.42. The molecule has 194 valence electrons. The zero-order valence-electron chi connectivity index (χ0n) is 21.5. The second-order valence-corrected chi connectivity index (χ2v) is 9.81. The fourth-order valence-electron chi connectivity index (χ4n) is 5.42. The molecule has 3 aromatic rings. The molecule has 2 aromatic heterocycles. The van der Waals surface area contributed by atoms with Gasteiger partial charge in [-0.1, -0.05) is 6.07 Å². The molecule has 0 saturated carbocycles. The summed E-state index contributed by atoms with van der Waals surface area (Å²) in [5, 5.41) is 4.08. The minimum absolute atomic E-state index is 0.111. The molecule has 0 bridgehead atoms. The topological polar surface area (TPSA) is 71.9 Å². The molecule has 8 nitrogen and oxygen atoms in total. The average molecular weight is 520 g/mol. The Kier molecular flexibility index (Phi) is 7.43. The molecule has 0 aliphatic carbocycles. The van der Waals surface area contributed by atoms with E-state index in [1.54, 1.807) is 6.20 Å². The fraction of sp³-hybridized carbons (Fsp3) is 0.393. The highest BCUT2D eigenvalue weighted by atomic mass is 32.1. The van der Waals surface area contributed by atoms with Crippen LogP contribution in [0.2, 0.25) is 0 Å². The number of aryl methyl sites for hydroxylation is 1. The molecule has 5 rings (SSSR count). The van der Waals surface area contributed by atoms with Crippen molar-refractivity contribution in [2.45, 2.75) is 32.4 Å². The van der Waals surface area contributed by atoms with Crippen molar-refractivity contribution in [3.05, 3.63) is 77.4 Å². The Morgan fingerprint density at radius 3 is 2.54 bits per heavy atom. The van der Waals surface area contributed by atoms with Crippen LogP contribution in [0.15, 0.2) is 54.7 Å². The predicted octanol–water partition coefficient (Wildman–Crippen LogP) is 3.86. The van der Waals surface area contributed by atoms with Gasteiger partial charge in [-0.2, -0.15) is 0 Å². The summed E-state index contributed by atoms with van der Waals surface area (Å²) < 4.78 is 12.7. The van der Waals surface area contributed by atoms with E-state index >= 15 is 0 Å². The normalized spacial score (nSPS) is 19.7. The number of carbonyl (C=O) groups excluding carboxylic acids is 1. The maximum atomic E-state index is 12.0. The molecule has 0 radical (unpaired) electrons. The van der Waals surface area contributed by atoms with Crippen molar-refractivity contribution < 1.29 is 14.3 Å². The van der Waals surface area contributed by atoms with Crippen molar-refractivity contribution in [2.24, 2.45) is 0 Å². The largest absolute Gasteiger partial charge is 0.469 e. The van der Waals surface area contributed by atoms with Crippen molar-refractivity contribution in [2.75, 3.05) is 44.9 Å². The van der Waals surface area contributed by atoms with E-state index in [9.17, 15) is 4.79 Å². The van der Waals surface area contributed by atoms with Crippen LogP contribution in [0.1, 0.15) is 41.1 Å². The van der Waals surface area contributed by atoms with E-state index in [0.717, 1.165) is 54.6 Å². The summed E-state index contributed by atoms with van der Waals surface area (Å²) in [5.74, 6) is -0.256. The lowest BCUT2D eigenvalue weighted by molar-refractivity contribution is -0.140. The summed E-state index contributed by atoms with van der Waals surface area (Å²) in [4.78, 5) is 21.1. The number of methoxy groups -OCH3 is 1. The highest BCUT2D eigenvalue weighted by molar-refractivity contribution is 7.80. The fourth-order valence-corrected chi connectivity index (χ4v) is 5.75. The Morgan fingerprint density at radius 1 is 1.14 bits per heavy atom. The van der Waals surface area contributed by atoms with E-state index in [1.165, 1.54) is 12.8 Å². The number of hydrogen-bond donors (Lipinski definition) is 1. The number of pyridine rings is 1. The maximum Gasteiger partial charge on any atom is 0.307 e. The zero-order valence-corrected chi connectivity index (χ0v) is 22.3. The SMILES string of the molecule is COC(=O)CCN1C(=S)N[C@H](c2ccccn2)[C@H]1c1cc(C)n(-c2ccc(N3CCOCC3)cc2)c1C. The molecule has 2 aliphatic rings. The molecular weight excluding hydrogens is 486 g/mol. The van der Waals surface area contributed by atoms with Gasteiger partial charge in [0.05, 0.1) is 44.5 Å². The summed E-state index contributed by atoms with van der Waals surface area (Å²) in [6.07, 6.45) is 2.05. The Bertz CT molecular complexity index is 1250. The third-order valence-corrected chi connectivity index (χ3v) is 7.61. The third kappa shape index (κ3) is 5.06. The van der Waals surface area contributed by atoms with Crippen LogP contribution >= 0.6 is 12.2 Å². The molecular formula is C28H33N5O3S. The van der Waals surface area contributed by atoms with Gasteiger partial charge in [-0.15, -0.1) is 0 Å². The lowest BCUT2D eigenvalue weighted by atomic mass is 9.96. The Labute approximate surface area is 223 Å². The van der Waals surface area contributed by atoms with E-state index in [2.05, 4.69) is 68.8 Å². The zero-order chi connectivity index (χ0) is 25.9. The van der Waals surface area contributed by atoms with Crippen LogP contribution in [0.5, 0.6) is 0 Å². The number of anilines is 1. The summed E-state index contributed by atoms with van der Waals surface area (Å²) in [6.45, 7) is 8.09. The Balaban J connectivity index is 1.50. The van der Waals surface area contributed by atoms with Gasteiger partial charge in [0.15, 0.2) is 5.11 Å². The van der Waals surface area contributed by atoms with Crippen LogP contribution in [-0.4, -0.2) is 65.5 Å². The van der Waals surface area contributed by atoms with Crippen LogP contribution in [0.25, 0.3) is 5.69 Å². The molecule has 2 atom stereocenters. The first kappa shape index (κ1) is 25.2. The second-order valence-electron chi connectivity index (χ2n) is 9.42. The molecule has 37 heavy (non-hydrogen) atoms. The van der Waals surface area contributed by atoms with E-state index in [1.807, 2.05) is 18.2 Å². The quantitative estimate of drug-likeness (QED) is 0.373. The smallest absolute Gasteiger partial charge is 0.307 e. The molecule has 2 saturated heterocycles. The highest BCUT2D eigenvalue weighted by Gasteiger charge is 2.41. The molecule has 0 amide bonds. The molecule has 4 heterocycles. The van der Waals surface area contributed by atoms with E-state index in [0.29, 0.717) is 11.7 Å². The van der Waals surface area contributed by atoms with Crippen LogP contribution < -0.4 is 10.2 Å². The summed E-state index contributed by atoms with van der Waals surface area (Å²) in [6, 6.07) is 16.6. The Morgan fingerprint density at radius 2 is 1.86 bits per heavy atom. The third-order valence-electron chi connectivity index (χ3n) is 7.26. The van der Waals surface area contributed by atoms with Crippen molar-refractivity contribution in [3.63, 3.8) is 0 Å². The number of hydrogen-bond acceptors (Lipinski definition) is 6. The van der Waals surface area contributed by atoms with E-state index < -0.39 is 0 Å². The minimum atomic E-state index is -0.256. The van der Waals surface area contributed by atoms with E-state index in [4.69, 9.17) is 21.7 Å². The monoisotopic (exact) mass is 519 g/mol. The number of benzene rings is 1. The highest BCUT2D eigenvalue weighted by Crippen LogP contribution is 2.41. The molecule has 9 heteroatoms.